The molecule has 1 aliphatic carbocycles. The predicted octanol–water partition coefficient (Wildman–Crippen LogP) is 2.58. The van der Waals surface area contributed by atoms with E-state index in [0.717, 1.165) is 29.7 Å². The first-order valence-electron chi connectivity index (χ1n) is 8.36. The second kappa shape index (κ2) is 6.59. The van der Waals surface area contributed by atoms with Gasteiger partial charge in [-0.25, -0.2) is 4.68 Å². The zero-order valence-corrected chi connectivity index (χ0v) is 14.4. The Balaban J connectivity index is 1.99. The van der Waals surface area contributed by atoms with E-state index in [-0.39, 0.29) is 24.5 Å². The molecule has 24 heavy (non-hydrogen) atoms. The first-order chi connectivity index (χ1) is 11.5. The van der Waals surface area contributed by atoms with Crippen molar-refractivity contribution in [3.63, 3.8) is 0 Å². The van der Waals surface area contributed by atoms with Gasteiger partial charge >= 0.3 is 5.97 Å². The fourth-order valence-electron chi connectivity index (χ4n) is 3.33. The maximum atomic E-state index is 12.3. The number of rotatable bonds is 4. The normalized spacial score (nSPS) is 12.5. The number of hydrogen-bond donors (Lipinski definition) is 0. The molecule has 0 saturated carbocycles. The summed E-state index contributed by atoms with van der Waals surface area (Å²) in [5.74, 6) is -0.309. The molecule has 126 valence electrons. The Morgan fingerprint density at radius 2 is 2.04 bits per heavy atom. The summed E-state index contributed by atoms with van der Waals surface area (Å²) in [6.07, 6.45) is 1.91. The van der Waals surface area contributed by atoms with Gasteiger partial charge in [0.15, 0.2) is 0 Å². The summed E-state index contributed by atoms with van der Waals surface area (Å²) in [5.41, 5.74) is 6.56. The van der Waals surface area contributed by atoms with Crippen LogP contribution in [0.4, 0.5) is 0 Å². The van der Waals surface area contributed by atoms with Crippen LogP contribution in [0.3, 0.4) is 0 Å². The van der Waals surface area contributed by atoms with Crippen LogP contribution in [0.1, 0.15) is 35.6 Å². The third-order valence-electron chi connectivity index (χ3n) is 4.43. The molecule has 5 nitrogen and oxygen atoms in total. The van der Waals surface area contributed by atoms with Crippen LogP contribution in [0.2, 0.25) is 0 Å². The van der Waals surface area contributed by atoms with Gasteiger partial charge in [-0.05, 0) is 56.4 Å². The molecule has 2 aromatic rings. The molecule has 0 radical (unpaired) electrons. The van der Waals surface area contributed by atoms with Crippen molar-refractivity contribution in [2.45, 2.75) is 46.6 Å². The van der Waals surface area contributed by atoms with Gasteiger partial charge in [-0.15, -0.1) is 0 Å². The number of carbonyl (C=O) groups is 1. The fraction of sp³-hybridized carbons (Fsp3) is 0.421. The Morgan fingerprint density at radius 3 is 2.79 bits per heavy atom. The highest BCUT2D eigenvalue weighted by Gasteiger charge is 2.21. The van der Waals surface area contributed by atoms with Crippen molar-refractivity contribution in [1.29, 1.82) is 0 Å². The molecule has 5 heteroatoms. The van der Waals surface area contributed by atoms with Crippen LogP contribution in [0.25, 0.3) is 11.3 Å². The molecule has 0 bridgehead atoms. The SMILES string of the molecule is CCOC(=O)CCn1nc2c(cc1=O)CCc1c(C)cc(C)cc1-2. The van der Waals surface area contributed by atoms with Crippen LogP contribution >= 0.6 is 0 Å². The third kappa shape index (κ3) is 3.11. The average Bonchev–Trinajstić information content (AvgIpc) is 2.53. The first kappa shape index (κ1) is 16.4. The van der Waals surface area contributed by atoms with Gasteiger partial charge in [0.2, 0.25) is 0 Å². The van der Waals surface area contributed by atoms with E-state index in [4.69, 9.17) is 4.74 Å². The number of aryl methyl sites for hydroxylation is 4. The number of nitrogens with zero attached hydrogens (tertiary/aromatic N) is 2. The number of ether oxygens (including phenoxy) is 1. The third-order valence-corrected chi connectivity index (χ3v) is 4.43. The molecule has 0 spiro atoms. The molecule has 1 aromatic carbocycles. The van der Waals surface area contributed by atoms with Gasteiger partial charge in [0.1, 0.15) is 0 Å². The van der Waals surface area contributed by atoms with Gasteiger partial charge in [0.25, 0.3) is 5.56 Å². The Bertz CT molecular complexity index is 852. The summed E-state index contributed by atoms with van der Waals surface area (Å²) in [7, 11) is 0. The molecular formula is C19H22N2O3. The summed E-state index contributed by atoms with van der Waals surface area (Å²) in [6.45, 7) is 6.54. The van der Waals surface area contributed by atoms with Crippen molar-refractivity contribution in [3.05, 3.63) is 50.8 Å². The highest BCUT2D eigenvalue weighted by Crippen LogP contribution is 2.33. The second-order valence-corrected chi connectivity index (χ2v) is 6.24. The lowest BCUT2D eigenvalue weighted by atomic mass is 9.86. The Hall–Kier alpha value is -2.43. The van der Waals surface area contributed by atoms with Crippen molar-refractivity contribution < 1.29 is 9.53 Å². The predicted molar refractivity (Wildman–Crippen MR) is 92.1 cm³/mol. The maximum absolute atomic E-state index is 12.3. The average molecular weight is 326 g/mol. The number of aromatic nitrogens is 2. The van der Waals surface area contributed by atoms with E-state index in [0.29, 0.717) is 6.61 Å². The lowest BCUT2D eigenvalue weighted by molar-refractivity contribution is -0.143. The minimum Gasteiger partial charge on any atom is -0.466 e. The smallest absolute Gasteiger partial charge is 0.307 e. The van der Waals surface area contributed by atoms with Crippen molar-refractivity contribution in [2.75, 3.05) is 6.61 Å². The quantitative estimate of drug-likeness (QED) is 0.810. The van der Waals surface area contributed by atoms with Crippen molar-refractivity contribution in [1.82, 2.24) is 9.78 Å². The molecule has 1 aliphatic rings. The number of esters is 1. The van der Waals surface area contributed by atoms with Gasteiger partial charge in [-0.3, -0.25) is 9.59 Å². The molecule has 1 heterocycles. The topological polar surface area (TPSA) is 61.2 Å². The van der Waals surface area contributed by atoms with Crippen LogP contribution in [0.5, 0.6) is 0 Å². The van der Waals surface area contributed by atoms with Gasteiger partial charge in [0.05, 0.1) is 25.3 Å². The van der Waals surface area contributed by atoms with Crippen LogP contribution in [0, 0.1) is 13.8 Å². The van der Waals surface area contributed by atoms with E-state index in [2.05, 4.69) is 31.1 Å². The van der Waals surface area contributed by atoms with Gasteiger partial charge < -0.3 is 4.74 Å². The molecule has 0 fully saturated rings. The maximum Gasteiger partial charge on any atom is 0.307 e. The van der Waals surface area contributed by atoms with E-state index < -0.39 is 0 Å². The zero-order valence-electron chi connectivity index (χ0n) is 14.4. The lowest BCUT2D eigenvalue weighted by Gasteiger charge is -2.22. The Morgan fingerprint density at radius 1 is 1.25 bits per heavy atom. The molecule has 0 aliphatic heterocycles. The highest BCUT2D eigenvalue weighted by molar-refractivity contribution is 5.71. The van der Waals surface area contributed by atoms with Gasteiger partial charge in [-0.2, -0.15) is 5.10 Å². The van der Waals surface area contributed by atoms with E-state index >= 15 is 0 Å². The molecular weight excluding hydrogens is 304 g/mol. The van der Waals surface area contributed by atoms with Crippen LogP contribution in [0.15, 0.2) is 23.0 Å². The van der Waals surface area contributed by atoms with Crippen molar-refractivity contribution in [2.24, 2.45) is 0 Å². The zero-order chi connectivity index (χ0) is 17.3. The summed E-state index contributed by atoms with van der Waals surface area (Å²) < 4.78 is 6.30. The number of carbonyl (C=O) groups excluding carboxylic acids is 1. The van der Waals surface area contributed by atoms with E-state index in [9.17, 15) is 9.59 Å². The highest BCUT2D eigenvalue weighted by atomic mass is 16.5. The second-order valence-electron chi connectivity index (χ2n) is 6.24. The molecule has 0 N–H and O–H groups in total. The molecule has 1 aromatic heterocycles. The number of hydrogen-bond acceptors (Lipinski definition) is 4. The van der Waals surface area contributed by atoms with E-state index in [1.165, 1.54) is 21.4 Å². The lowest BCUT2D eigenvalue weighted by Crippen LogP contribution is -2.27. The summed E-state index contributed by atoms with van der Waals surface area (Å²) in [6, 6.07) is 5.97. The first-order valence-corrected chi connectivity index (χ1v) is 8.36. The van der Waals surface area contributed by atoms with E-state index in [1.807, 2.05) is 0 Å². The van der Waals surface area contributed by atoms with Gasteiger partial charge in [0, 0.05) is 11.6 Å². The van der Waals surface area contributed by atoms with Crippen molar-refractivity contribution >= 4 is 5.97 Å². The number of fused-ring (bicyclic) bond motifs is 3. The minimum atomic E-state index is -0.309. The molecule has 0 unspecified atom stereocenters. The Labute approximate surface area is 141 Å². The minimum absolute atomic E-state index is 0.152. The largest absolute Gasteiger partial charge is 0.466 e. The monoisotopic (exact) mass is 326 g/mol. The molecule has 0 saturated heterocycles. The Kier molecular flexibility index (Phi) is 4.51. The summed E-state index contributed by atoms with van der Waals surface area (Å²) in [4.78, 5) is 23.8. The standard InChI is InChI=1S/C19H22N2O3/c1-4-24-18(23)7-8-21-17(22)11-14-5-6-15-13(3)9-12(2)10-16(15)19(14)20-21/h9-11H,4-8H2,1-3H3. The molecule has 3 rings (SSSR count). The van der Waals surface area contributed by atoms with E-state index in [1.54, 1.807) is 13.0 Å². The van der Waals surface area contributed by atoms with Crippen LogP contribution in [-0.4, -0.2) is 22.4 Å². The fourth-order valence-corrected chi connectivity index (χ4v) is 3.33. The van der Waals surface area contributed by atoms with Gasteiger partial charge in [-0.1, -0.05) is 11.6 Å². The molecule has 0 amide bonds. The number of benzene rings is 1. The van der Waals surface area contributed by atoms with Crippen molar-refractivity contribution in [3.8, 4) is 11.3 Å². The summed E-state index contributed by atoms with van der Waals surface area (Å²) in [5, 5.41) is 4.56. The van der Waals surface area contributed by atoms with Crippen LogP contribution < -0.4 is 5.56 Å². The van der Waals surface area contributed by atoms with Crippen LogP contribution in [-0.2, 0) is 28.9 Å². The summed E-state index contributed by atoms with van der Waals surface area (Å²) >= 11 is 0. The molecule has 0 atom stereocenters.